The number of rotatable bonds is 9. The van der Waals surface area contributed by atoms with E-state index in [2.05, 4.69) is 50.4 Å². The minimum Gasteiger partial charge on any atom is -0.377 e. The molecule has 0 heterocycles. The number of benzene rings is 1. The Morgan fingerprint density at radius 1 is 1.25 bits per heavy atom. The predicted molar refractivity (Wildman–Crippen MR) is 85.1 cm³/mol. The Bertz CT molecular complexity index is 400. The van der Waals surface area contributed by atoms with Gasteiger partial charge in [-0.2, -0.15) is 0 Å². The molecule has 0 radical (unpaired) electrons. The van der Waals surface area contributed by atoms with E-state index in [1.165, 1.54) is 30.4 Å². The third-order valence-corrected chi connectivity index (χ3v) is 4.20. The summed E-state index contributed by atoms with van der Waals surface area (Å²) in [5.74, 6) is 0.772. The van der Waals surface area contributed by atoms with E-state index >= 15 is 0 Å². The normalized spacial score (nSPS) is 17.9. The Morgan fingerprint density at radius 2 is 2.00 bits per heavy atom. The smallest absolute Gasteiger partial charge is 0.0759 e. The Kier molecular flexibility index (Phi) is 6.06. The molecule has 1 aliphatic rings. The summed E-state index contributed by atoms with van der Waals surface area (Å²) in [5, 5.41) is 3.73. The van der Waals surface area contributed by atoms with Crippen molar-refractivity contribution < 1.29 is 4.74 Å². The molecule has 1 saturated carbocycles. The van der Waals surface area contributed by atoms with E-state index in [4.69, 9.17) is 4.74 Å². The average Bonchev–Trinajstić information content (AvgIpc) is 3.28. The summed E-state index contributed by atoms with van der Waals surface area (Å²) in [7, 11) is 0. The van der Waals surface area contributed by atoms with Crippen molar-refractivity contribution in [3.05, 3.63) is 35.4 Å². The van der Waals surface area contributed by atoms with Crippen LogP contribution in [0.25, 0.3) is 0 Å². The maximum atomic E-state index is 6.07. The minimum atomic E-state index is 0.381. The van der Waals surface area contributed by atoms with Crippen LogP contribution in [0.5, 0.6) is 0 Å². The SMILES string of the molecule is CCCNC(Cc1ccccc1C)C(OCC)C1CC1. The van der Waals surface area contributed by atoms with Crippen LogP contribution in [-0.2, 0) is 11.2 Å². The zero-order valence-electron chi connectivity index (χ0n) is 13.2. The summed E-state index contributed by atoms with van der Waals surface area (Å²) in [6, 6.07) is 9.18. The van der Waals surface area contributed by atoms with Gasteiger partial charge in [-0.05, 0) is 63.1 Å². The molecule has 0 saturated heterocycles. The summed E-state index contributed by atoms with van der Waals surface area (Å²) in [4.78, 5) is 0. The van der Waals surface area contributed by atoms with Gasteiger partial charge in [-0.3, -0.25) is 0 Å². The molecule has 1 N–H and O–H groups in total. The fourth-order valence-electron chi connectivity index (χ4n) is 2.91. The highest BCUT2D eigenvalue weighted by Gasteiger charge is 2.37. The van der Waals surface area contributed by atoms with E-state index in [9.17, 15) is 0 Å². The molecule has 1 aromatic rings. The van der Waals surface area contributed by atoms with Crippen LogP contribution in [0.4, 0.5) is 0 Å². The average molecular weight is 275 g/mol. The van der Waals surface area contributed by atoms with Crippen molar-refractivity contribution in [2.75, 3.05) is 13.2 Å². The first-order valence-electron chi connectivity index (χ1n) is 8.15. The molecule has 2 heteroatoms. The van der Waals surface area contributed by atoms with Crippen LogP contribution in [0.15, 0.2) is 24.3 Å². The Labute approximate surface area is 123 Å². The number of ether oxygens (including phenoxy) is 1. The lowest BCUT2D eigenvalue weighted by Gasteiger charge is -2.29. The summed E-state index contributed by atoms with van der Waals surface area (Å²) >= 11 is 0. The van der Waals surface area contributed by atoms with Crippen LogP contribution in [-0.4, -0.2) is 25.3 Å². The van der Waals surface area contributed by atoms with Crippen LogP contribution in [0.3, 0.4) is 0 Å². The van der Waals surface area contributed by atoms with Crippen LogP contribution in [0.1, 0.15) is 44.2 Å². The summed E-state index contributed by atoms with van der Waals surface area (Å²) in [6.07, 6.45) is 5.30. The van der Waals surface area contributed by atoms with E-state index in [0.29, 0.717) is 12.1 Å². The van der Waals surface area contributed by atoms with Crippen molar-refractivity contribution in [2.24, 2.45) is 5.92 Å². The molecule has 1 aromatic carbocycles. The fourth-order valence-corrected chi connectivity index (χ4v) is 2.91. The van der Waals surface area contributed by atoms with Crippen LogP contribution in [0, 0.1) is 12.8 Å². The van der Waals surface area contributed by atoms with Gasteiger partial charge in [0.05, 0.1) is 6.10 Å². The van der Waals surface area contributed by atoms with Crippen molar-refractivity contribution in [3.63, 3.8) is 0 Å². The van der Waals surface area contributed by atoms with Crippen LogP contribution < -0.4 is 5.32 Å². The molecular weight excluding hydrogens is 246 g/mol. The highest BCUT2D eigenvalue weighted by Crippen LogP contribution is 2.36. The van der Waals surface area contributed by atoms with Gasteiger partial charge in [-0.25, -0.2) is 0 Å². The highest BCUT2D eigenvalue weighted by molar-refractivity contribution is 5.26. The molecule has 2 unspecified atom stereocenters. The topological polar surface area (TPSA) is 21.3 Å². The second-order valence-corrected chi connectivity index (χ2v) is 5.95. The Hall–Kier alpha value is -0.860. The predicted octanol–water partition coefficient (Wildman–Crippen LogP) is 3.72. The van der Waals surface area contributed by atoms with Crippen molar-refractivity contribution in [1.29, 1.82) is 0 Å². The maximum absolute atomic E-state index is 6.07. The van der Waals surface area contributed by atoms with Gasteiger partial charge in [-0.15, -0.1) is 0 Å². The zero-order valence-corrected chi connectivity index (χ0v) is 13.2. The maximum Gasteiger partial charge on any atom is 0.0759 e. The summed E-state index contributed by atoms with van der Waals surface area (Å²) in [6.45, 7) is 8.44. The monoisotopic (exact) mass is 275 g/mol. The molecule has 0 spiro atoms. The molecule has 0 aliphatic heterocycles. The molecule has 1 aliphatic carbocycles. The van der Waals surface area contributed by atoms with Gasteiger partial charge < -0.3 is 10.1 Å². The Morgan fingerprint density at radius 3 is 2.60 bits per heavy atom. The van der Waals surface area contributed by atoms with Crippen LogP contribution >= 0.6 is 0 Å². The lowest BCUT2D eigenvalue weighted by Crippen LogP contribution is -2.44. The Balaban J connectivity index is 2.07. The lowest BCUT2D eigenvalue weighted by atomic mass is 9.95. The zero-order chi connectivity index (χ0) is 14.4. The van der Waals surface area contributed by atoms with Crippen LogP contribution in [0.2, 0.25) is 0 Å². The van der Waals surface area contributed by atoms with Crippen molar-refractivity contribution in [3.8, 4) is 0 Å². The van der Waals surface area contributed by atoms with Gasteiger partial charge in [0, 0.05) is 12.6 Å². The first-order valence-corrected chi connectivity index (χ1v) is 8.15. The number of nitrogens with one attached hydrogen (secondary N) is 1. The van der Waals surface area contributed by atoms with Gasteiger partial charge in [0.2, 0.25) is 0 Å². The number of hydrogen-bond acceptors (Lipinski definition) is 2. The summed E-state index contributed by atoms with van der Waals surface area (Å²) in [5.41, 5.74) is 2.84. The molecule has 0 aromatic heterocycles. The second kappa shape index (κ2) is 7.80. The van der Waals surface area contributed by atoms with E-state index in [1.54, 1.807) is 0 Å². The van der Waals surface area contributed by atoms with Gasteiger partial charge in [0.1, 0.15) is 0 Å². The molecular formula is C18H29NO. The quantitative estimate of drug-likeness (QED) is 0.741. The molecule has 0 bridgehead atoms. The highest BCUT2D eigenvalue weighted by atomic mass is 16.5. The first-order chi connectivity index (χ1) is 9.76. The lowest BCUT2D eigenvalue weighted by molar-refractivity contribution is 0.0192. The van der Waals surface area contributed by atoms with E-state index in [-0.39, 0.29) is 0 Å². The van der Waals surface area contributed by atoms with Gasteiger partial charge in [0.15, 0.2) is 0 Å². The molecule has 0 amide bonds. The largest absolute Gasteiger partial charge is 0.377 e. The third-order valence-electron chi connectivity index (χ3n) is 4.20. The van der Waals surface area contributed by atoms with E-state index in [1.807, 2.05) is 0 Å². The third kappa shape index (κ3) is 4.32. The molecule has 112 valence electrons. The number of hydrogen-bond donors (Lipinski definition) is 1. The molecule has 2 atom stereocenters. The van der Waals surface area contributed by atoms with E-state index in [0.717, 1.165) is 25.5 Å². The minimum absolute atomic E-state index is 0.381. The summed E-state index contributed by atoms with van der Waals surface area (Å²) < 4.78 is 6.07. The molecule has 2 rings (SSSR count). The van der Waals surface area contributed by atoms with Gasteiger partial charge >= 0.3 is 0 Å². The second-order valence-electron chi connectivity index (χ2n) is 5.95. The molecule has 1 fully saturated rings. The van der Waals surface area contributed by atoms with Crippen molar-refractivity contribution in [1.82, 2.24) is 5.32 Å². The molecule has 2 nitrogen and oxygen atoms in total. The number of aryl methyl sites for hydroxylation is 1. The van der Waals surface area contributed by atoms with E-state index < -0.39 is 0 Å². The fraction of sp³-hybridized carbons (Fsp3) is 0.667. The molecule has 20 heavy (non-hydrogen) atoms. The first kappa shape index (κ1) is 15.5. The van der Waals surface area contributed by atoms with Gasteiger partial charge in [-0.1, -0.05) is 31.2 Å². The van der Waals surface area contributed by atoms with Gasteiger partial charge in [0.25, 0.3) is 0 Å². The van der Waals surface area contributed by atoms with Crippen molar-refractivity contribution >= 4 is 0 Å². The van der Waals surface area contributed by atoms with Crippen molar-refractivity contribution in [2.45, 2.75) is 58.6 Å². The standard InChI is InChI=1S/C18H29NO/c1-4-12-19-17(18(20-5-2)15-10-11-15)13-16-9-7-6-8-14(16)3/h6-9,15,17-19H,4-5,10-13H2,1-3H3.